The first kappa shape index (κ1) is 28.4. The number of amides is 2. The summed E-state index contributed by atoms with van der Waals surface area (Å²) in [7, 11) is 0. The fourth-order valence-electron chi connectivity index (χ4n) is 4.16. The number of halogens is 1. The van der Waals surface area contributed by atoms with Gasteiger partial charge in [0.25, 0.3) is 0 Å². The molecule has 0 saturated carbocycles. The van der Waals surface area contributed by atoms with Gasteiger partial charge in [0.2, 0.25) is 5.71 Å². The number of aromatic nitrogens is 2. The van der Waals surface area contributed by atoms with E-state index in [4.69, 9.17) is 16.0 Å². The number of hydrogen-bond acceptors (Lipinski definition) is 5. The zero-order chi connectivity index (χ0) is 28.2. The van der Waals surface area contributed by atoms with Crippen LogP contribution in [-0.4, -0.2) is 35.0 Å². The van der Waals surface area contributed by atoms with E-state index < -0.39 is 0 Å². The van der Waals surface area contributed by atoms with E-state index in [1.807, 2.05) is 79.7 Å². The second-order valence-corrected chi connectivity index (χ2v) is 9.17. The molecule has 204 valence electrons. The van der Waals surface area contributed by atoms with Crippen LogP contribution < -0.4 is 16.0 Å². The molecule has 0 aliphatic heterocycles. The van der Waals surface area contributed by atoms with E-state index in [9.17, 15) is 4.79 Å². The molecular formula is C32H32ClN5O2. The number of carbonyl (C=O) groups is 1. The summed E-state index contributed by atoms with van der Waals surface area (Å²) in [5, 5.41) is 9.81. The van der Waals surface area contributed by atoms with Gasteiger partial charge in [-0.05, 0) is 36.6 Å². The Morgan fingerprint density at radius 1 is 0.925 bits per heavy atom. The molecule has 2 aromatic heterocycles. The first-order valence-electron chi connectivity index (χ1n) is 13.0. The molecule has 3 N–H and O–H groups in total. The van der Waals surface area contributed by atoms with Gasteiger partial charge in [-0.15, -0.1) is 18.2 Å². The van der Waals surface area contributed by atoms with Gasteiger partial charge in [-0.2, -0.15) is 0 Å². The normalized spacial score (nSPS) is 10.3. The summed E-state index contributed by atoms with van der Waals surface area (Å²) in [5.74, 6) is 1.87. The van der Waals surface area contributed by atoms with Crippen LogP contribution in [0.4, 0.5) is 16.3 Å². The highest BCUT2D eigenvalue weighted by molar-refractivity contribution is 6.18. The molecule has 0 spiro atoms. The van der Waals surface area contributed by atoms with Crippen molar-refractivity contribution in [1.29, 1.82) is 0 Å². The van der Waals surface area contributed by atoms with Gasteiger partial charge in [-0.25, -0.2) is 14.8 Å². The third kappa shape index (κ3) is 7.27. The van der Waals surface area contributed by atoms with Crippen LogP contribution in [-0.2, 0) is 6.42 Å². The van der Waals surface area contributed by atoms with E-state index in [1.165, 1.54) is 6.33 Å². The van der Waals surface area contributed by atoms with Gasteiger partial charge in [0, 0.05) is 35.8 Å². The lowest BCUT2D eigenvalue weighted by atomic mass is 9.99. The first-order valence-corrected chi connectivity index (χ1v) is 13.6. The van der Waals surface area contributed by atoms with Crippen LogP contribution >= 0.6 is 11.6 Å². The number of rotatable bonds is 9. The highest BCUT2D eigenvalue weighted by atomic mass is 35.5. The third-order valence-corrected chi connectivity index (χ3v) is 6.07. The number of fused-ring (bicyclic) bond motifs is 1. The fourth-order valence-corrected chi connectivity index (χ4v) is 4.25. The minimum atomic E-state index is -0.271. The molecule has 40 heavy (non-hydrogen) atoms. The van der Waals surface area contributed by atoms with Gasteiger partial charge in [0.15, 0.2) is 0 Å². The van der Waals surface area contributed by atoms with Gasteiger partial charge >= 0.3 is 6.03 Å². The maximum atomic E-state index is 11.8. The van der Waals surface area contributed by atoms with E-state index in [0.717, 1.165) is 51.3 Å². The van der Waals surface area contributed by atoms with E-state index in [0.29, 0.717) is 24.7 Å². The quantitative estimate of drug-likeness (QED) is 0.128. The first-order chi connectivity index (χ1) is 19.6. The maximum absolute atomic E-state index is 11.8. The molecule has 5 rings (SSSR count). The summed E-state index contributed by atoms with van der Waals surface area (Å²) >= 11 is 5.60. The van der Waals surface area contributed by atoms with Gasteiger partial charge in [-0.1, -0.05) is 78.9 Å². The predicted molar refractivity (Wildman–Crippen MR) is 165 cm³/mol. The Morgan fingerprint density at radius 3 is 2.23 bits per heavy atom. The van der Waals surface area contributed by atoms with Gasteiger partial charge in [-0.3, -0.25) is 0 Å². The molecular weight excluding hydrogens is 522 g/mol. The molecule has 0 atom stereocenters. The molecule has 3 aromatic carbocycles. The molecule has 0 radical (unpaired) electrons. The average molecular weight is 554 g/mol. The number of benzene rings is 3. The molecule has 8 heteroatoms. The minimum Gasteiger partial charge on any atom is -0.437 e. The number of urea groups is 1. The smallest absolute Gasteiger partial charge is 0.319 e. The number of carbonyl (C=O) groups excluding carboxylic acids is 1. The monoisotopic (exact) mass is 553 g/mol. The van der Waals surface area contributed by atoms with Gasteiger partial charge in [0.1, 0.15) is 17.9 Å². The number of furan rings is 1. The van der Waals surface area contributed by atoms with E-state index >= 15 is 0 Å². The molecule has 0 unspecified atom stereocenters. The minimum absolute atomic E-state index is 0.271. The number of anilines is 2. The van der Waals surface area contributed by atoms with Crippen LogP contribution in [0.2, 0.25) is 0 Å². The number of hydrogen-bond donors (Lipinski definition) is 3. The van der Waals surface area contributed by atoms with Crippen LogP contribution in [0.3, 0.4) is 0 Å². The lowest BCUT2D eigenvalue weighted by molar-refractivity contribution is 0.252. The topological polar surface area (TPSA) is 92.1 Å². The SMILES string of the molecule is C=CC.O=C(NCCCl)Nc1ccc(CCNc2ncnc3oc(-c4ccccc4)c(-c4ccccc4)c23)cc1. The van der Waals surface area contributed by atoms with Crippen molar-refractivity contribution in [3.05, 3.63) is 109 Å². The van der Waals surface area contributed by atoms with Crippen molar-refractivity contribution in [2.45, 2.75) is 13.3 Å². The largest absolute Gasteiger partial charge is 0.437 e. The predicted octanol–water partition coefficient (Wildman–Crippen LogP) is 7.76. The fraction of sp³-hybridized carbons (Fsp3) is 0.156. The van der Waals surface area contributed by atoms with E-state index in [1.54, 1.807) is 6.08 Å². The van der Waals surface area contributed by atoms with Crippen molar-refractivity contribution in [2.75, 3.05) is 29.6 Å². The summed E-state index contributed by atoms with van der Waals surface area (Å²) < 4.78 is 6.28. The van der Waals surface area contributed by atoms with E-state index in [-0.39, 0.29) is 6.03 Å². The Bertz CT molecular complexity index is 1520. The molecule has 0 aliphatic carbocycles. The van der Waals surface area contributed by atoms with Gasteiger partial charge in [0.05, 0.1) is 5.39 Å². The summed E-state index contributed by atoms with van der Waals surface area (Å²) in [6.45, 7) is 6.33. The number of allylic oxidation sites excluding steroid dienone is 1. The molecule has 7 nitrogen and oxygen atoms in total. The van der Waals surface area contributed by atoms with Crippen LogP contribution in [0.1, 0.15) is 12.5 Å². The average Bonchev–Trinajstić information content (AvgIpc) is 3.39. The summed E-state index contributed by atoms with van der Waals surface area (Å²) in [4.78, 5) is 20.8. The molecule has 0 bridgehead atoms. The molecule has 0 aliphatic rings. The zero-order valence-corrected chi connectivity index (χ0v) is 23.1. The van der Waals surface area contributed by atoms with E-state index in [2.05, 4.69) is 44.6 Å². The molecule has 5 aromatic rings. The summed E-state index contributed by atoms with van der Waals surface area (Å²) in [6.07, 6.45) is 4.04. The van der Waals surface area contributed by atoms with Crippen LogP contribution in [0.25, 0.3) is 33.6 Å². The number of nitrogens with zero attached hydrogens (tertiary/aromatic N) is 2. The summed E-state index contributed by atoms with van der Waals surface area (Å²) in [5.41, 5.74) is 5.38. The molecule has 0 saturated heterocycles. The Kier molecular flexibility index (Phi) is 10.3. The Morgan fingerprint density at radius 2 is 1.57 bits per heavy atom. The summed E-state index contributed by atoms with van der Waals surface area (Å²) in [6, 6.07) is 27.7. The van der Waals surface area contributed by atoms with Crippen molar-refractivity contribution in [3.8, 4) is 22.5 Å². The standard InChI is InChI=1S/C29H26ClN5O2.C3H6/c30-16-18-32-29(36)35-23-13-11-20(12-14-23)15-17-31-27-25-24(21-7-3-1-4-8-21)26(22-9-5-2-6-10-22)37-28(25)34-19-33-27;1-3-2/h1-14,19H,15-18H2,(H,31,33,34)(H2,32,35,36);3H,1H2,2H3. The second kappa shape index (κ2) is 14.5. The zero-order valence-electron chi connectivity index (χ0n) is 22.4. The van der Waals surface area contributed by atoms with Crippen LogP contribution in [0.5, 0.6) is 0 Å². The Hall–Kier alpha value is -4.62. The molecule has 2 heterocycles. The van der Waals surface area contributed by atoms with Crippen molar-refractivity contribution in [2.24, 2.45) is 0 Å². The highest BCUT2D eigenvalue weighted by Crippen LogP contribution is 2.42. The third-order valence-electron chi connectivity index (χ3n) is 5.88. The Labute approximate surface area is 239 Å². The number of nitrogens with one attached hydrogen (secondary N) is 3. The second-order valence-electron chi connectivity index (χ2n) is 8.79. The van der Waals surface area contributed by atoms with Crippen LogP contribution in [0, 0.1) is 0 Å². The molecule has 2 amide bonds. The van der Waals surface area contributed by atoms with Crippen molar-refractivity contribution in [3.63, 3.8) is 0 Å². The van der Waals surface area contributed by atoms with Crippen molar-refractivity contribution in [1.82, 2.24) is 15.3 Å². The molecule has 0 fully saturated rings. The Balaban J connectivity index is 0.00000118. The van der Waals surface area contributed by atoms with Gasteiger partial charge < -0.3 is 20.4 Å². The lowest BCUT2D eigenvalue weighted by Gasteiger charge is -2.10. The maximum Gasteiger partial charge on any atom is 0.319 e. The van der Waals surface area contributed by atoms with Crippen molar-refractivity contribution >= 4 is 40.2 Å². The highest BCUT2D eigenvalue weighted by Gasteiger charge is 2.21. The number of alkyl halides is 1. The van der Waals surface area contributed by atoms with Crippen LogP contribution in [0.15, 0.2) is 108 Å². The van der Waals surface area contributed by atoms with Crippen molar-refractivity contribution < 1.29 is 9.21 Å². The lowest BCUT2D eigenvalue weighted by Crippen LogP contribution is -2.30.